The van der Waals surface area contributed by atoms with Crippen LogP contribution in [-0.4, -0.2) is 18.0 Å². The molecule has 0 bridgehead atoms. The van der Waals surface area contributed by atoms with E-state index in [0.717, 1.165) is 27.7 Å². The summed E-state index contributed by atoms with van der Waals surface area (Å²) >= 11 is 3.39. The Morgan fingerprint density at radius 1 is 1.27 bits per heavy atom. The second kappa shape index (κ2) is 8.49. The van der Waals surface area contributed by atoms with Crippen LogP contribution in [0.5, 0.6) is 0 Å². The molecule has 154 valence electrons. The van der Waals surface area contributed by atoms with E-state index in [1.807, 2.05) is 25.1 Å². The van der Waals surface area contributed by atoms with Crippen LogP contribution in [0.4, 0.5) is 11.4 Å². The standard InChI is InChI=1S/C25H26BrN3O/c1-6-29-23-10-16(2)18(12-22(23)17(3)14-25(29,4)5)11-19(15-27)24(30)28-21-9-7-8-20(26)13-21/h7-14H,6H2,1-5H3,(H,28,30)/b19-11-. The lowest BCUT2D eigenvalue weighted by Crippen LogP contribution is -2.44. The summed E-state index contributed by atoms with van der Waals surface area (Å²) in [4.78, 5) is 15.0. The first-order valence-electron chi connectivity index (χ1n) is 9.97. The van der Waals surface area contributed by atoms with Crippen molar-refractivity contribution in [2.24, 2.45) is 0 Å². The minimum atomic E-state index is -0.420. The van der Waals surface area contributed by atoms with Crippen LogP contribution in [0.25, 0.3) is 11.6 Å². The van der Waals surface area contributed by atoms with Gasteiger partial charge in [0.1, 0.15) is 11.6 Å². The molecular formula is C25H26BrN3O. The average molecular weight is 464 g/mol. The van der Waals surface area contributed by atoms with E-state index in [4.69, 9.17) is 0 Å². The quantitative estimate of drug-likeness (QED) is 0.425. The van der Waals surface area contributed by atoms with Crippen molar-refractivity contribution in [1.29, 1.82) is 5.26 Å². The molecule has 2 aromatic rings. The highest BCUT2D eigenvalue weighted by atomic mass is 79.9. The Morgan fingerprint density at radius 3 is 2.63 bits per heavy atom. The fraction of sp³-hybridized carbons (Fsp3) is 0.280. The number of likely N-dealkylation sites (N-methyl/N-ethyl adjacent to an activating group) is 1. The SMILES string of the molecule is CCN1c2cc(C)c(/C=C(/C#N)C(=O)Nc3cccc(Br)c3)cc2C(C)=CC1(C)C. The van der Waals surface area contributed by atoms with Gasteiger partial charge in [0.15, 0.2) is 0 Å². The largest absolute Gasteiger partial charge is 0.363 e. The minimum absolute atomic E-state index is 0.0582. The Hall–Kier alpha value is -2.84. The van der Waals surface area contributed by atoms with E-state index in [-0.39, 0.29) is 11.1 Å². The summed E-state index contributed by atoms with van der Waals surface area (Å²) in [6, 6.07) is 13.6. The van der Waals surface area contributed by atoms with Crippen molar-refractivity contribution in [1.82, 2.24) is 0 Å². The highest BCUT2D eigenvalue weighted by molar-refractivity contribution is 9.10. The van der Waals surface area contributed by atoms with Crippen LogP contribution in [0.1, 0.15) is 44.4 Å². The molecule has 4 nitrogen and oxygen atoms in total. The first-order valence-corrected chi connectivity index (χ1v) is 10.8. The molecule has 0 aromatic heterocycles. The Bertz CT molecular complexity index is 1110. The van der Waals surface area contributed by atoms with Gasteiger partial charge in [-0.25, -0.2) is 0 Å². The van der Waals surface area contributed by atoms with Gasteiger partial charge in [0.05, 0.1) is 5.54 Å². The molecular weight excluding hydrogens is 438 g/mol. The maximum Gasteiger partial charge on any atom is 0.266 e. The molecule has 3 rings (SSSR count). The second-order valence-corrected chi connectivity index (χ2v) is 9.00. The number of aryl methyl sites for hydroxylation is 1. The molecule has 1 amide bonds. The average Bonchev–Trinajstić information content (AvgIpc) is 2.66. The Kier molecular flexibility index (Phi) is 6.19. The van der Waals surface area contributed by atoms with E-state index in [1.54, 1.807) is 18.2 Å². The number of hydrogen-bond donors (Lipinski definition) is 1. The van der Waals surface area contributed by atoms with Crippen molar-refractivity contribution < 1.29 is 4.79 Å². The number of hydrogen-bond acceptors (Lipinski definition) is 3. The number of benzene rings is 2. The normalized spacial score (nSPS) is 15.2. The van der Waals surface area contributed by atoms with Gasteiger partial charge in [0, 0.05) is 28.0 Å². The molecule has 0 saturated heterocycles. The summed E-state index contributed by atoms with van der Waals surface area (Å²) in [6.45, 7) is 11.6. The summed E-state index contributed by atoms with van der Waals surface area (Å²) in [7, 11) is 0. The third kappa shape index (κ3) is 4.34. The van der Waals surface area contributed by atoms with E-state index in [0.29, 0.717) is 5.69 Å². The van der Waals surface area contributed by atoms with Crippen LogP contribution >= 0.6 is 15.9 Å². The van der Waals surface area contributed by atoms with Gasteiger partial charge in [-0.1, -0.05) is 28.1 Å². The van der Waals surface area contributed by atoms with Crippen molar-refractivity contribution in [3.8, 4) is 6.07 Å². The second-order valence-electron chi connectivity index (χ2n) is 8.09. The summed E-state index contributed by atoms with van der Waals surface area (Å²) in [5, 5.41) is 12.4. The molecule has 5 heteroatoms. The number of rotatable bonds is 4. The van der Waals surface area contributed by atoms with E-state index in [1.165, 1.54) is 11.3 Å². The van der Waals surface area contributed by atoms with Crippen LogP contribution in [0.3, 0.4) is 0 Å². The van der Waals surface area contributed by atoms with Crippen LogP contribution in [0.2, 0.25) is 0 Å². The zero-order valence-corrected chi connectivity index (χ0v) is 19.6. The van der Waals surface area contributed by atoms with Crippen LogP contribution in [0.15, 0.2) is 52.5 Å². The first-order chi connectivity index (χ1) is 14.2. The molecule has 0 spiro atoms. The fourth-order valence-corrected chi connectivity index (χ4v) is 4.45. The lowest BCUT2D eigenvalue weighted by molar-refractivity contribution is -0.112. The van der Waals surface area contributed by atoms with E-state index >= 15 is 0 Å². The topological polar surface area (TPSA) is 56.1 Å². The van der Waals surface area contributed by atoms with Gasteiger partial charge in [-0.15, -0.1) is 0 Å². The van der Waals surface area contributed by atoms with E-state index in [9.17, 15) is 10.1 Å². The van der Waals surface area contributed by atoms with Crippen molar-refractivity contribution in [2.75, 3.05) is 16.8 Å². The van der Waals surface area contributed by atoms with Crippen LogP contribution in [0, 0.1) is 18.3 Å². The molecule has 2 aromatic carbocycles. The van der Waals surface area contributed by atoms with Gasteiger partial charge in [-0.05, 0) is 87.7 Å². The fourth-order valence-electron chi connectivity index (χ4n) is 4.05. The lowest BCUT2D eigenvalue weighted by Gasteiger charge is -2.43. The number of amides is 1. The van der Waals surface area contributed by atoms with Gasteiger partial charge in [-0.2, -0.15) is 5.26 Å². The number of carbonyl (C=O) groups excluding carboxylic acids is 1. The zero-order chi connectivity index (χ0) is 22.1. The minimum Gasteiger partial charge on any atom is -0.363 e. The Morgan fingerprint density at radius 2 is 2.00 bits per heavy atom. The van der Waals surface area contributed by atoms with Gasteiger partial charge in [0.2, 0.25) is 0 Å². The molecule has 30 heavy (non-hydrogen) atoms. The van der Waals surface area contributed by atoms with Crippen molar-refractivity contribution in [3.05, 3.63) is 69.2 Å². The number of allylic oxidation sites excluding steroid dienone is 1. The zero-order valence-electron chi connectivity index (χ0n) is 18.0. The van der Waals surface area contributed by atoms with E-state index < -0.39 is 5.91 Å². The molecule has 0 aliphatic carbocycles. The van der Waals surface area contributed by atoms with Gasteiger partial charge >= 0.3 is 0 Å². The summed E-state index contributed by atoms with van der Waals surface area (Å²) < 4.78 is 0.860. The smallest absolute Gasteiger partial charge is 0.266 e. The predicted octanol–water partition coefficient (Wildman–Crippen LogP) is 6.33. The third-order valence-electron chi connectivity index (χ3n) is 5.43. The van der Waals surface area contributed by atoms with Crippen LogP contribution < -0.4 is 10.2 Å². The highest BCUT2D eigenvalue weighted by Crippen LogP contribution is 2.40. The van der Waals surface area contributed by atoms with Crippen molar-refractivity contribution in [2.45, 2.75) is 40.2 Å². The van der Waals surface area contributed by atoms with Gasteiger partial charge in [0.25, 0.3) is 5.91 Å². The van der Waals surface area contributed by atoms with Crippen molar-refractivity contribution >= 4 is 44.9 Å². The molecule has 0 saturated carbocycles. The molecule has 1 heterocycles. The Labute approximate surface area is 187 Å². The monoisotopic (exact) mass is 463 g/mol. The summed E-state index contributed by atoms with van der Waals surface area (Å²) in [6.07, 6.45) is 3.94. The number of carbonyl (C=O) groups is 1. The number of nitrogens with one attached hydrogen (secondary N) is 1. The molecule has 1 aliphatic heterocycles. The van der Waals surface area contributed by atoms with Crippen LogP contribution in [-0.2, 0) is 4.79 Å². The maximum absolute atomic E-state index is 12.7. The molecule has 0 atom stereocenters. The number of fused-ring (bicyclic) bond motifs is 1. The molecule has 0 fully saturated rings. The highest BCUT2D eigenvalue weighted by Gasteiger charge is 2.30. The lowest BCUT2D eigenvalue weighted by atomic mass is 9.86. The maximum atomic E-state index is 12.7. The summed E-state index contributed by atoms with van der Waals surface area (Å²) in [5.74, 6) is -0.420. The number of halogens is 1. The number of nitriles is 1. The molecule has 0 unspecified atom stereocenters. The predicted molar refractivity (Wildman–Crippen MR) is 128 cm³/mol. The third-order valence-corrected chi connectivity index (χ3v) is 5.92. The van der Waals surface area contributed by atoms with Gasteiger partial charge in [-0.3, -0.25) is 4.79 Å². The number of nitrogens with zero attached hydrogens (tertiary/aromatic N) is 2. The molecule has 1 N–H and O–H groups in total. The van der Waals surface area contributed by atoms with E-state index in [2.05, 4.69) is 72.1 Å². The molecule has 0 radical (unpaired) electrons. The summed E-state index contributed by atoms with van der Waals surface area (Å²) in [5.41, 5.74) is 6.08. The first kappa shape index (κ1) is 21.9. The van der Waals surface area contributed by atoms with Gasteiger partial charge < -0.3 is 10.2 Å². The molecule has 1 aliphatic rings. The Balaban J connectivity index is 1.99. The van der Waals surface area contributed by atoms with Crippen molar-refractivity contribution in [3.63, 3.8) is 0 Å². The number of anilines is 2.